The van der Waals surface area contributed by atoms with E-state index in [1.54, 1.807) is 0 Å². The third-order valence-electron chi connectivity index (χ3n) is 3.37. The van der Waals surface area contributed by atoms with E-state index in [1.807, 2.05) is 0 Å². The molecular weight excluding hydrogens is 522 g/mol. The van der Waals surface area contributed by atoms with Gasteiger partial charge in [0.1, 0.15) is 11.6 Å². The van der Waals surface area contributed by atoms with Crippen LogP contribution in [0.25, 0.3) is 0 Å². The van der Waals surface area contributed by atoms with E-state index in [1.165, 1.54) is 0 Å². The summed E-state index contributed by atoms with van der Waals surface area (Å²) in [6.07, 6.45) is 0. The van der Waals surface area contributed by atoms with Gasteiger partial charge in [-0.1, -0.05) is 0 Å². The molecule has 0 heterocycles. The summed E-state index contributed by atoms with van der Waals surface area (Å²) in [5.74, 6) is -35.7. The zero-order chi connectivity index (χ0) is 25.1. The second kappa shape index (κ2) is 7.53. The quantitative estimate of drug-likeness (QED) is 0.270. The summed E-state index contributed by atoms with van der Waals surface area (Å²) in [5.41, 5.74) is 0. The van der Waals surface area contributed by atoms with Crippen molar-refractivity contribution in [2.45, 2.75) is 39.1 Å². The van der Waals surface area contributed by atoms with Gasteiger partial charge < -0.3 is 0 Å². The first-order valence-corrected chi connectivity index (χ1v) is 9.02. The van der Waals surface area contributed by atoms with Gasteiger partial charge in [0.15, 0.2) is 0 Å². The summed E-state index contributed by atoms with van der Waals surface area (Å²) >= 11 is -1.98. The highest BCUT2D eigenvalue weighted by atomic mass is 32.2. The number of hydrogen-bond acceptors (Lipinski definition) is 3. The molecule has 0 saturated heterocycles. The number of thioether (sulfide) groups is 1. The molecule has 0 aliphatic rings. The van der Waals surface area contributed by atoms with Crippen LogP contribution in [0.5, 0.6) is 0 Å². The van der Waals surface area contributed by atoms with E-state index >= 15 is 0 Å². The summed E-state index contributed by atoms with van der Waals surface area (Å²) in [7, 11) is -7.66. The lowest BCUT2D eigenvalue weighted by Gasteiger charge is -2.40. The molecule has 0 bridgehead atoms. The average Bonchev–Trinajstić information content (AvgIpc) is 2.55. The number of halogens is 14. The first-order chi connectivity index (χ1) is 13.4. The summed E-state index contributed by atoms with van der Waals surface area (Å²) in [6, 6.07) is -0.186. The molecule has 31 heavy (non-hydrogen) atoms. The number of hydrogen-bond donors (Lipinski definition) is 1. The molecule has 0 amide bonds. The van der Waals surface area contributed by atoms with E-state index < -0.39 is 72.6 Å². The highest BCUT2D eigenvalue weighted by Crippen LogP contribution is 2.63. The second-order valence-corrected chi connectivity index (χ2v) is 8.10. The second-order valence-electron chi connectivity index (χ2n) is 5.48. The smallest absolute Gasteiger partial charge is 0.281 e. The molecule has 1 N–H and O–H groups in total. The summed E-state index contributed by atoms with van der Waals surface area (Å²) < 4.78 is 215. The summed E-state index contributed by atoms with van der Waals surface area (Å²) in [5, 5.41) is -14.2. The molecule has 0 fully saturated rings. The van der Waals surface area contributed by atoms with Crippen molar-refractivity contribution in [1.29, 1.82) is 0 Å². The Labute approximate surface area is 166 Å². The van der Waals surface area contributed by atoms with Gasteiger partial charge in [-0.15, -0.1) is 0 Å². The van der Waals surface area contributed by atoms with Gasteiger partial charge in [0.05, 0.1) is 0 Å². The average molecular weight is 526 g/mol. The molecule has 0 aliphatic carbocycles. The molecule has 0 unspecified atom stereocenters. The topological polar surface area (TPSA) is 54.4 Å². The maximum Gasteiger partial charge on any atom is 0.438 e. The molecule has 0 spiro atoms. The summed E-state index contributed by atoms with van der Waals surface area (Å²) in [4.78, 5) is -1.78. The van der Waals surface area contributed by atoms with Crippen LogP contribution in [0, 0.1) is 11.6 Å². The van der Waals surface area contributed by atoms with Gasteiger partial charge >= 0.3 is 44.3 Å². The molecule has 0 saturated carbocycles. The highest BCUT2D eigenvalue weighted by molar-refractivity contribution is 8.00. The van der Waals surface area contributed by atoms with Crippen LogP contribution in [0.1, 0.15) is 0 Å². The van der Waals surface area contributed by atoms with Crippen LogP contribution in [-0.2, 0) is 10.1 Å². The Balaban J connectivity index is 3.57. The minimum atomic E-state index is -8.24. The minimum absolute atomic E-state index is 0.0588. The molecular formula is C12H4F14O3S2. The number of benzene rings is 1. The predicted molar refractivity (Wildman–Crippen MR) is 73.4 cm³/mol. The lowest BCUT2D eigenvalue weighted by Crippen LogP contribution is -2.71. The molecule has 1 rings (SSSR count). The zero-order valence-electron chi connectivity index (χ0n) is 13.6. The van der Waals surface area contributed by atoms with Gasteiger partial charge in [-0.25, -0.2) is 8.78 Å². The SMILES string of the molecule is O=S(=O)(O)C(F)(F)C(F)(F)C(F)(F)C(F)(F)C(F)(F)C(F)(F)Sc1ccc(F)cc1F. The van der Waals surface area contributed by atoms with E-state index in [-0.39, 0.29) is 18.2 Å². The van der Waals surface area contributed by atoms with Crippen LogP contribution < -0.4 is 0 Å². The third-order valence-corrected chi connectivity index (χ3v) is 5.34. The van der Waals surface area contributed by atoms with Gasteiger partial charge in [0.2, 0.25) is 0 Å². The zero-order valence-corrected chi connectivity index (χ0v) is 15.2. The standard InChI is InChI=1S/C12H4F14O3S2/c13-4-1-2-6(5(14)3-4)30-11(23,24)9(19,20)7(15,16)8(17,18)10(21,22)12(25,26)31(27,28)29/h1-3H,(H,27,28,29). The van der Waals surface area contributed by atoms with Crippen molar-refractivity contribution in [3.63, 3.8) is 0 Å². The van der Waals surface area contributed by atoms with Crippen molar-refractivity contribution < 1.29 is 74.4 Å². The van der Waals surface area contributed by atoms with Crippen molar-refractivity contribution in [2.75, 3.05) is 0 Å². The molecule has 0 atom stereocenters. The van der Waals surface area contributed by atoms with E-state index in [2.05, 4.69) is 0 Å². The predicted octanol–water partition coefficient (Wildman–Crippen LogP) is 5.67. The van der Waals surface area contributed by atoms with E-state index in [4.69, 9.17) is 4.55 Å². The Morgan fingerprint density at radius 1 is 0.710 bits per heavy atom. The monoisotopic (exact) mass is 526 g/mol. The Kier molecular flexibility index (Phi) is 6.69. The first-order valence-electron chi connectivity index (χ1n) is 6.76. The van der Waals surface area contributed by atoms with Gasteiger partial charge in [0.25, 0.3) is 0 Å². The van der Waals surface area contributed by atoms with Crippen LogP contribution >= 0.6 is 11.8 Å². The van der Waals surface area contributed by atoms with Crippen LogP contribution in [-0.4, -0.2) is 47.2 Å². The van der Waals surface area contributed by atoms with Crippen molar-refractivity contribution in [1.82, 2.24) is 0 Å². The fourth-order valence-electron chi connectivity index (χ4n) is 1.68. The van der Waals surface area contributed by atoms with Crippen molar-refractivity contribution in [3.8, 4) is 0 Å². The maximum absolute atomic E-state index is 13.7. The molecule has 180 valence electrons. The van der Waals surface area contributed by atoms with Crippen LogP contribution in [0.4, 0.5) is 61.5 Å². The molecule has 3 nitrogen and oxygen atoms in total. The molecule has 0 aliphatic heterocycles. The Morgan fingerprint density at radius 3 is 1.52 bits per heavy atom. The largest absolute Gasteiger partial charge is 0.438 e. The molecule has 1 aromatic carbocycles. The van der Waals surface area contributed by atoms with Gasteiger partial charge in [-0.2, -0.15) is 61.1 Å². The van der Waals surface area contributed by atoms with Gasteiger partial charge in [-0.05, 0) is 23.9 Å². The van der Waals surface area contributed by atoms with E-state index in [9.17, 15) is 69.9 Å². The van der Waals surface area contributed by atoms with Crippen molar-refractivity contribution in [3.05, 3.63) is 29.8 Å². The Morgan fingerprint density at radius 2 is 1.13 bits per heavy atom. The third kappa shape index (κ3) is 4.03. The number of alkyl halides is 12. The lowest BCUT2D eigenvalue weighted by molar-refractivity contribution is -0.406. The van der Waals surface area contributed by atoms with Crippen molar-refractivity contribution in [2.24, 2.45) is 0 Å². The molecule has 1 aromatic rings. The maximum atomic E-state index is 13.7. The Bertz CT molecular complexity index is 944. The lowest BCUT2D eigenvalue weighted by atomic mass is 9.98. The normalized spacial score (nSPS) is 15.3. The Hall–Kier alpha value is -1.50. The summed E-state index contributed by atoms with van der Waals surface area (Å²) in [6.45, 7) is 0. The van der Waals surface area contributed by atoms with Crippen molar-refractivity contribution >= 4 is 21.9 Å². The van der Waals surface area contributed by atoms with E-state index in [0.717, 1.165) is 0 Å². The fourth-order valence-corrected chi connectivity index (χ4v) is 2.96. The first kappa shape index (κ1) is 27.5. The van der Waals surface area contributed by atoms with Crippen LogP contribution in [0.3, 0.4) is 0 Å². The van der Waals surface area contributed by atoms with Crippen LogP contribution in [0.2, 0.25) is 0 Å². The molecule has 0 aromatic heterocycles. The van der Waals surface area contributed by atoms with Gasteiger partial charge in [0, 0.05) is 11.0 Å². The minimum Gasteiger partial charge on any atom is -0.281 e. The van der Waals surface area contributed by atoms with Crippen LogP contribution in [0.15, 0.2) is 23.1 Å². The molecule has 19 heteroatoms. The highest BCUT2D eigenvalue weighted by Gasteiger charge is 2.92. The van der Waals surface area contributed by atoms with E-state index in [0.29, 0.717) is 0 Å². The molecule has 0 radical (unpaired) electrons. The fraction of sp³-hybridized carbons (Fsp3) is 0.500. The number of rotatable bonds is 8. The van der Waals surface area contributed by atoms with Gasteiger partial charge in [-0.3, -0.25) is 4.55 Å².